The number of likely N-dealkylation sites (tertiary alicyclic amines) is 1. The number of benzene rings is 1. The second kappa shape index (κ2) is 11.0. The van der Waals surface area contributed by atoms with Crippen molar-refractivity contribution in [2.75, 3.05) is 13.1 Å². The lowest BCUT2D eigenvalue weighted by molar-refractivity contribution is -0.206. The Morgan fingerprint density at radius 2 is 1.70 bits per heavy atom. The Kier molecular flexibility index (Phi) is 7.72. The molecule has 18 heteroatoms. The maximum atomic E-state index is 15.0. The van der Waals surface area contributed by atoms with E-state index in [9.17, 15) is 44.7 Å². The van der Waals surface area contributed by atoms with E-state index in [4.69, 9.17) is 4.74 Å². The van der Waals surface area contributed by atoms with Crippen LogP contribution in [0.3, 0.4) is 0 Å². The number of hydrogen-bond donors (Lipinski definition) is 0. The quantitative estimate of drug-likeness (QED) is 0.303. The van der Waals surface area contributed by atoms with Crippen LogP contribution < -0.4 is 4.74 Å². The highest BCUT2D eigenvalue weighted by Crippen LogP contribution is 2.42. The van der Waals surface area contributed by atoms with E-state index in [1.807, 2.05) is 0 Å². The van der Waals surface area contributed by atoms with E-state index in [0.29, 0.717) is 0 Å². The van der Waals surface area contributed by atoms with Crippen molar-refractivity contribution >= 4 is 11.9 Å². The van der Waals surface area contributed by atoms with Gasteiger partial charge in [0.05, 0.1) is 35.9 Å². The lowest BCUT2D eigenvalue weighted by Gasteiger charge is -2.38. The molecule has 0 bridgehead atoms. The molecular formula is C25H20F8N6O4. The zero-order valence-electron chi connectivity index (χ0n) is 21.7. The Morgan fingerprint density at radius 3 is 2.37 bits per heavy atom. The average Bonchev–Trinajstić information content (AvgIpc) is 3.47. The fourth-order valence-electron chi connectivity index (χ4n) is 4.85. The van der Waals surface area contributed by atoms with E-state index in [1.165, 1.54) is 30.6 Å². The minimum absolute atomic E-state index is 0.0249. The highest BCUT2D eigenvalue weighted by atomic mass is 19.4. The van der Waals surface area contributed by atoms with Crippen LogP contribution >= 0.6 is 0 Å². The summed E-state index contributed by atoms with van der Waals surface area (Å²) in [6.45, 7) is -1.18. The third-order valence-electron chi connectivity index (χ3n) is 6.83. The fraction of sp³-hybridized carbons (Fsp3) is 0.440. The molecule has 43 heavy (non-hydrogen) atoms. The summed E-state index contributed by atoms with van der Waals surface area (Å²) in [7, 11) is 0. The first-order chi connectivity index (χ1) is 20.1. The average molecular weight is 620 g/mol. The van der Waals surface area contributed by atoms with Gasteiger partial charge in [0.1, 0.15) is 6.10 Å². The van der Waals surface area contributed by atoms with Gasteiger partial charge >= 0.3 is 24.3 Å². The number of rotatable bonds is 5. The molecule has 3 heterocycles. The number of amides is 1. The van der Waals surface area contributed by atoms with Crippen molar-refractivity contribution in [3.05, 3.63) is 59.2 Å². The molecule has 2 atom stereocenters. The molecule has 1 amide bonds. The summed E-state index contributed by atoms with van der Waals surface area (Å²) in [6.07, 6.45) is -13.7. The van der Waals surface area contributed by atoms with Crippen molar-refractivity contribution < 1.29 is 54.2 Å². The van der Waals surface area contributed by atoms with Gasteiger partial charge in [0.2, 0.25) is 0 Å². The number of carbonyl (C=O) groups is 2. The predicted octanol–water partition coefficient (Wildman–Crippen LogP) is 4.49. The van der Waals surface area contributed by atoms with Crippen molar-refractivity contribution in [3.63, 3.8) is 0 Å². The van der Waals surface area contributed by atoms with Crippen LogP contribution in [-0.2, 0) is 22.1 Å². The summed E-state index contributed by atoms with van der Waals surface area (Å²) in [6, 6.07) is 4.97. The maximum absolute atomic E-state index is 15.0. The van der Waals surface area contributed by atoms with E-state index in [1.54, 1.807) is 6.07 Å². The molecule has 1 fully saturated rings. The second-order valence-electron chi connectivity index (χ2n) is 9.70. The van der Waals surface area contributed by atoms with Crippen molar-refractivity contribution in [1.29, 1.82) is 0 Å². The van der Waals surface area contributed by atoms with Crippen LogP contribution in [0.2, 0.25) is 0 Å². The number of halogens is 8. The Balaban J connectivity index is 1.43. The molecule has 5 rings (SSSR count). The minimum Gasteiger partial charge on any atom is -0.452 e. The molecule has 1 aliphatic carbocycles. The number of alkyl halides is 8. The molecule has 3 aromatic rings. The number of aryl methyl sites for hydroxylation is 1. The molecule has 0 saturated carbocycles. The van der Waals surface area contributed by atoms with Gasteiger partial charge in [-0.05, 0) is 31.4 Å². The number of para-hydroxylation sites is 1. The second-order valence-corrected chi connectivity index (χ2v) is 9.70. The number of aromatic nitrogens is 5. The number of ether oxygens (including phenoxy) is 2. The monoisotopic (exact) mass is 620 g/mol. The van der Waals surface area contributed by atoms with Crippen molar-refractivity contribution in [3.8, 4) is 11.7 Å². The Morgan fingerprint density at radius 1 is 1.00 bits per heavy atom. The van der Waals surface area contributed by atoms with Crippen molar-refractivity contribution in [2.24, 2.45) is 0 Å². The van der Waals surface area contributed by atoms with Gasteiger partial charge in [-0.1, -0.05) is 12.1 Å². The highest BCUT2D eigenvalue weighted by molar-refractivity contribution is 5.97. The van der Waals surface area contributed by atoms with E-state index >= 15 is 0 Å². The molecule has 2 unspecified atom stereocenters. The van der Waals surface area contributed by atoms with E-state index < -0.39 is 84.8 Å². The SMILES string of the molecule is O=C(c1ccccc1-n1nccn1)N1CCC(F)(F)C(Oc2nc3c(c(C(F)(F)F)n2)C(OC(=O)C(F)(F)F)CCC3)C1. The standard InChI is InChI=1S/C25H20F8N6O4/c26-23(27)8-11-38(20(40)13-4-1-2-6-15(13)39-34-9-10-35-39)12-17(23)43-22-36-14-5-3-7-16(42-21(41)25(31,32)33)18(14)19(37-22)24(28,29)30/h1-2,4,6,9-10,16-17H,3,5,7-8,11-12H2. The molecule has 0 radical (unpaired) electrons. The molecule has 0 spiro atoms. The molecule has 1 saturated heterocycles. The van der Waals surface area contributed by atoms with Gasteiger partial charge in [0, 0.05) is 18.5 Å². The Labute approximate surface area is 236 Å². The summed E-state index contributed by atoms with van der Waals surface area (Å²) in [4.78, 5) is 33.9. The lowest BCUT2D eigenvalue weighted by Crippen LogP contribution is -2.55. The number of esters is 1. The Bertz CT molecular complexity index is 1510. The van der Waals surface area contributed by atoms with Crippen LogP contribution in [0.25, 0.3) is 5.69 Å². The first-order valence-electron chi connectivity index (χ1n) is 12.7. The molecule has 0 N–H and O–H groups in total. The minimum atomic E-state index is -5.47. The number of fused-ring (bicyclic) bond motifs is 1. The summed E-state index contributed by atoms with van der Waals surface area (Å²) >= 11 is 0. The molecule has 1 aromatic carbocycles. The van der Waals surface area contributed by atoms with Gasteiger partial charge in [-0.2, -0.15) is 51.3 Å². The Hall–Kier alpha value is -4.38. The van der Waals surface area contributed by atoms with Gasteiger partial charge < -0.3 is 14.4 Å². The summed E-state index contributed by atoms with van der Waals surface area (Å²) in [5.41, 5.74) is -2.83. The number of carbonyl (C=O) groups excluding carboxylic acids is 2. The highest BCUT2D eigenvalue weighted by Gasteiger charge is 2.49. The van der Waals surface area contributed by atoms with Gasteiger partial charge in [-0.25, -0.2) is 13.6 Å². The number of piperidine rings is 1. The lowest BCUT2D eigenvalue weighted by atomic mass is 9.91. The van der Waals surface area contributed by atoms with Crippen LogP contribution in [0.15, 0.2) is 36.7 Å². The third kappa shape index (κ3) is 6.22. The summed E-state index contributed by atoms with van der Waals surface area (Å²) < 4.78 is 120. The molecule has 230 valence electrons. The molecule has 1 aliphatic heterocycles. The normalized spacial score (nSPS) is 20.3. The zero-order chi connectivity index (χ0) is 31.2. The summed E-state index contributed by atoms with van der Waals surface area (Å²) in [5.74, 6) is -7.02. The topological polar surface area (TPSA) is 112 Å². The smallest absolute Gasteiger partial charge is 0.452 e. The van der Waals surface area contributed by atoms with E-state index in [-0.39, 0.29) is 30.5 Å². The van der Waals surface area contributed by atoms with Gasteiger partial charge in [-0.3, -0.25) is 4.79 Å². The van der Waals surface area contributed by atoms with Crippen LogP contribution in [0.5, 0.6) is 6.01 Å². The van der Waals surface area contributed by atoms with Gasteiger partial charge in [-0.15, -0.1) is 0 Å². The zero-order valence-corrected chi connectivity index (χ0v) is 21.7. The molecule has 2 aliphatic rings. The molecule has 2 aromatic heterocycles. The van der Waals surface area contributed by atoms with Crippen LogP contribution in [0.1, 0.15) is 52.7 Å². The first-order valence-corrected chi connectivity index (χ1v) is 12.7. The first kappa shape index (κ1) is 30.1. The van der Waals surface area contributed by atoms with Gasteiger partial charge in [0.25, 0.3) is 11.8 Å². The summed E-state index contributed by atoms with van der Waals surface area (Å²) in [5, 5.41) is 7.93. The number of hydrogen-bond acceptors (Lipinski definition) is 8. The third-order valence-corrected chi connectivity index (χ3v) is 6.83. The van der Waals surface area contributed by atoms with E-state index in [2.05, 4.69) is 24.9 Å². The number of nitrogens with zero attached hydrogens (tertiary/aromatic N) is 6. The van der Waals surface area contributed by atoms with E-state index in [0.717, 1.165) is 9.70 Å². The fourth-order valence-corrected chi connectivity index (χ4v) is 4.85. The predicted molar refractivity (Wildman–Crippen MR) is 126 cm³/mol. The largest absolute Gasteiger partial charge is 0.490 e. The molecule has 10 nitrogen and oxygen atoms in total. The van der Waals surface area contributed by atoms with Crippen molar-refractivity contribution in [2.45, 2.75) is 56.2 Å². The van der Waals surface area contributed by atoms with Gasteiger partial charge in [0.15, 0.2) is 11.8 Å². The van der Waals surface area contributed by atoms with Crippen molar-refractivity contribution in [1.82, 2.24) is 29.9 Å². The van der Waals surface area contributed by atoms with Crippen LogP contribution in [0, 0.1) is 0 Å². The maximum Gasteiger partial charge on any atom is 0.490 e. The van der Waals surface area contributed by atoms with Crippen LogP contribution in [0.4, 0.5) is 35.1 Å². The molecular weight excluding hydrogens is 600 g/mol. The van der Waals surface area contributed by atoms with Crippen LogP contribution in [-0.4, -0.2) is 73.0 Å².